The number of hydrogen-bond donors (Lipinski definition) is 1. The summed E-state index contributed by atoms with van der Waals surface area (Å²) in [5.74, 6) is 0.182. The number of amides is 1. The summed E-state index contributed by atoms with van der Waals surface area (Å²) in [6.45, 7) is 0. The van der Waals surface area contributed by atoms with Crippen LogP contribution < -0.4 is 10.1 Å². The molecule has 0 saturated carbocycles. The van der Waals surface area contributed by atoms with Crippen LogP contribution in [-0.4, -0.2) is 18.0 Å². The summed E-state index contributed by atoms with van der Waals surface area (Å²) in [7, 11) is 1.52. The molecule has 1 aromatic heterocycles. The van der Waals surface area contributed by atoms with Gasteiger partial charge in [-0.05, 0) is 48.5 Å². The van der Waals surface area contributed by atoms with Crippen molar-refractivity contribution >= 4 is 23.2 Å². The Kier molecular flexibility index (Phi) is 5.16. The van der Waals surface area contributed by atoms with Crippen LogP contribution in [0.5, 0.6) is 5.75 Å². The molecule has 0 aliphatic rings. The zero-order valence-electron chi connectivity index (χ0n) is 13.9. The number of carbonyl (C=O) groups excluding carboxylic acids is 1. The van der Waals surface area contributed by atoms with Gasteiger partial charge in [-0.2, -0.15) is 5.26 Å². The minimum Gasteiger partial charge on any atom is -0.496 e. The van der Waals surface area contributed by atoms with E-state index in [9.17, 15) is 4.79 Å². The van der Waals surface area contributed by atoms with Gasteiger partial charge in [0.15, 0.2) is 0 Å². The number of ether oxygens (including phenoxy) is 1. The number of rotatable bonds is 4. The van der Waals surface area contributed by atoms with Crippen molar-refractivity contribution in [1.82, 2.24) is 4.98 Å². The molecule has 0 spiro atoms. The van der Waals surface area contributed by atoms with E-state index in [2.05, 4.69) is 10.3 Å². The Hall–Kier alpha value is -3.36. The summed E-state index contributed by atoms with van der Waals surface area (Å²) < 4.78 is 5.41. The highest BCUT2D eigenvalue weighted by atomic mass is 35.5. The Bertz CT molecular complexity index is 1010. The van der Waals surface area contributed by atoms with Gasteiger partial charge in [-0.3, -0.25) is 9.78 Å². The molecule has 5 nitrogen and oxygen atoms in total. The average molecular weight is 364 g/mol. The van der Waals surface area contributed by atoms with E-state index in [1.54, 1.807) is 60.8 Å². The van der Waals surface area contributed by atoms with Gasteiger partial charge in [-0.1, -0.05) is 17.7 Å². The molecule has 1 N–H and O–H groups in total. The number of hydrogen-bond acceptors (Lipinski definition) is 4. The van der Waals surface area contributed by atoms with Gasteiger partial charge in [0.1, 0.15) is 5.75 Å². The predicted molar refractivity (Wildman–Crippen MR) is 100 cm³/mol. The van der Waals surface area contributed by atoms with E-state index < -0.39 is 0 Å². The first kappa shape index (κ1) is 17.5. The molecular weight excluding hydrogens is 350 g/mol. The number of nitrogens with zero attached hydrogens (tertiary/aromatic N) is 2. The Morgan fingerprint density at radius 3 is 2.77 bits per heavy atom. The summed E-state index contributed by atoms with van der Waals surface area (Å²) in [4.78, 5) is 16.8. The zero-order chi connectivity index (χ0) is 18.5. The minimum atomic E-state index is -0.308. The van der Waals surface area contributed by atoms with Crippen molar-refractivity contribution in [3.8, 4) is 23.1 Å². The van der Waals surface area contributed by atoms with Crippen LogP contribution in [0.15, 0.2) is 60.8 Å². The van der Waals surface area contributed by atoms with Crippen LogP contribution >= 0.6 is 11.6 Å². The molecule has 0 radical (unpaired) electrons. The smallest absolute Gasteiger partial charge is 0.255 e. The summed E-state index contributed by atoms with van der Waals surface area (Å²) in [6.07, 6.45) is 1.64. The molecule has 128 valence electrons. The number of nitriles is 1. The number of benzene rings is 2. The fourth-order valence-electron chi connectivity index (χ4n) is 2.48. The third-order valence-electron chi connectivity index (χ3n) is 3.73. The van der Waals surface area contributed by atoms with Crippen molar-refractivity contribution in [2.45, 2.75) is 0 Å². The fraction of sp³-hybridized carbons (Fsp3) is 0.0500. The van der Waals surface area contributed by atoms with Crippen LogP contribution in [0.1, 0.15) is 15.9 Å². The topological polar surface area (TPSA) is 75.0 Å². The maximum absolute atomic E-state index is 12.5. The van der Waals surface area contributed by atoms with E-state index in [4.69, 9.17) is 21.6 Å². The molecule has 3 aromatic rings. The second-order valence-electron chi connectivity index (χ2n) is 5.40. The molecule has 0 saturated heterocycles. The van der Waals surface area contributed by atoms with Gasteiger partial charge in [-0.25, -0.2) is 0 Å². The van der Waals surface area contributed by atoms with Gasteiger partial charge in [-0.15, -0.1) is 0 Å². The summed E-state index contributed by atoms with van der Waals surface area (Å²) in [5, 5.41) is 12.2. The maximum atomic E-state index is 12.5. The monoisotopic (exact) mass is 363 g/mol. The molecule has 6 heteroatoms. The Morgan fingerprint density at radius 1 is 1.19 bits per heavy atom. The number of anilines is 1. The normalized spacial score (nSPS) is 10.0. The highest BCUT2D eigenvalue weighted by Gasteiger charge is 2.14. The molecule has 26 heavy (non-hydrogen) atoms. The van der Waals surface area contributed by atoms with Gasteiger partial charge in [0.2, 0.25) is 0 Å². The van der Waals surface area contributed by atoms with E-state index in [-0.39, 0.29) is 5.91 Å². The first-order valence-corrected chi connectivity index (χ1v) is 8.10. The van der Waals surface area contributed by atoms with Crippen molar-refractivity contribution in [2.24, 2.45) is 0 Å². The van der Waals surface area contributed by atoms with E-state index in [1.165, 1.54) is 7.11 Å². The quantitative estimate of drug-likeness (QED) is 0.738. The van der Waals surface area contributed by atoms with Gasteiger partial charge in [0.05, 0.1) is 29.5 Å². The molecule has 0 aliphatic heterocycles. The highest BCUT2D eigenvalue weighted by Crippen LogP contribution is 2.33. The number of carbonyl (C=O) groups is 1. The number of nitrogens with one attached hydrogen (secondary N) is 1. The summed E-state index contributed by atoms with van der Waals surface area (Å²) >= 11 is 6.20. The van der Waals surface area contributed by atoms with Crippen LogP contribution in [0.4, 0.5) is 5.69 Å². The Morgan fingerprint density at radius 2 is 2.04 bits per heavy atom. The van der Waals surface area contributed by atoms with Crippen molar-refractivity contribution in [3.05, 3.63) is 76.9 Å². The van der Waals surface area contributed by atoms with Crippen LogP contribution in [0.3, 0.4) is 0 Å². The number of halogens is 1. The molecule has 0 fully saturated rings. The summed E-state index contributed by atoms with van der Waals surface area (Å²) in [6, 6.07) is 17.3. The van der Waals surface area contributed by atoms with Gasteiger partial charge < -0.3 is 10.1 Å². The van der Waals surface area contributed by atoms with E-state index in [0.717, 1.165) is 0 Å². The molecule has 3 rings (SSSR count). The van der Waals surface area contributed by atoms with Crippen LogP contribution in [-0.2, 0) is 0 Å². The van der Waals surface area contributed by atoms with Gasteiger partial charge in [0, 0.05) is 23.0 Å². The lowest BCUT2D eigenvalue weighted by Crippen LogP contribution is -2.12. The molecule has 1 amide bonds. The van der Waals surface area contributed by atoms with Crippen molar-refractivity contribution in [2.75, 3.05) is 12.4 Å². The standard InChI is InChI=1S/C20H14ClN3O2/c1-26-18-11-14(7-8-16(18)19-17(21)6-3-9-23-19)20(25)24-15-5-2-4-13(10-15)12-22/h2-11H,1H3,(H,24,25). The average Bonchev–Trinajstić information content (AvgIpc) is 2.68. The number of methoxy groups -OCH3 is 1. The zero-order valence-corrected chi connectivity index (χ0v) is 14.6. The third-order valence-corrected chi connectivity index (χ3v) is 4.03. The third kappa shape index (κ3) is 3.66. The molecule has 0 bridgehead atoms. The molecule has 0 unspecified atom stereocenters. The summed E-state index contributed by atoms with van der Waals surface area (Å²) in [5.41, 5.74) is 2.71. The number of pyridine rings is 1. The van der Waals surface area contributed by atoms with Crippen LogP contribution in [0, 0.1) is 11.3 Å². The van der Waals surface area contributed by atoms with Crippen LogP contribution in [0.2, 0.25) is 5.02 Å². The number of aromatic nitrogens is 1. The van der Waals surface area contributed by atoms with Crippen molar-refractivity contribution in [1.29, 1.82) is 5.26 Å². The Balaban J connectivity index is 1.90. The minimum absolute atomic E-state index is 0.308. The van der Waals surface area contributed by atoms with Gasteiger partial charge in [0.25, 0.3) is 5.91 Å². The van der Waals surface area contributed by atoms with Crippen LogP contribution in [0.25, 0.3) is 11.3 Å². The molecular formula is C20H14ClN3O2. The molecule has 0 atom stereocenters. The Labute approximate surface area is 155 Å². The van der Waals surface area contributed by atoms with E-state index in [0.29, 0.717) is 38.8 Å². The van der Waals surface area contributed by atoms with Gasteiger partial charge >= 0.3 is 0 Å². The van der Waals surface area contributed by atoms with E-state index in [1.807, 2.05) is 6.07 Å². The highest BCUT2D eigenvalue weighted by molar-refractivity contribution is 6.33. The molecule has 2 aromatic carbocycles. The second-order valence-corrected chi connectivity index (χ2v) is 5.80. The molecule has 1 heterocycles. The second kappa shape index (κ2) is 7.68. The first-order chi connectivity index (χ1) is 12.6. The lowest BCUT2D eigenvalue weighted by molar-refractivity contribution is 0.102. The predicted octanol–water partition coefficient (Wildman–Crippen LogP) is 4.53. The van der Waals surface area contributed by atoms with Crippen molar-refractivity contribution < 1.29 is 9.53 Å². The maximum Gasteiger partial charge on any atom is 0.255 e. The molecule has 0 aliphatic carbocycles. The van der Waals surface area contributed by atoms with Crippen molar-refractivity contribution in [3.63, 3.8) is 0 Å². The first-order valence-electron chi connectivity index (χ1n) is 7.73. The SMILES string of the molecule is COc1cc(C(=O)Nc2cccc(C#N)c2)ccc1-c1ncccc1Cl. The lowest BCUT2D eigenvalue weighted by atomic mass is 10.1. The van der Waals surface area contributed by atoms with E-state index >= 15 is 0 Å². The fourth-order valence-corrected chi connectivity index (χ4v) is 2.71. The largest absolute Gasteiger partial charge is 0.496 e. The lowest BCUT2D eigenvalue weighted by Gasteiger charge is -2.12.